The van der Waals surface area contributed by atoms with E-state index in [0.717, 1.165) is 12.3 Å². The van der Waals surface area contributed by atoms with E-state index in [4.69, 9.17) is 9.47 Å². The normalized spacial score (nSPS) is 41.7. The monoisotopic (exact) mass is 144 g/mol. The molecular formula is C8H16O2. The molecule has 1 rings (SSSR count). The van der Waals surface area contributed by atoms with Gasteiger partial charge < -0.3 is 9.47 Å². The Bertz CT molecular complexity index is 93.4. The molecule has 0 bridgehead atoms. The van der Waals surface area contributed by atoms with Gasteiger partial charge in [-0.25, -0.2) is 0 Å². The molecule has 0 saturated carbocycles. The van der Waals surface area contributed by atoms with Crippen molar-refractivity contribution >= 4 is 0 Å². The molecule has 1 aliphatic rings. The second kappa shape index (κ2) is 3.35. The zero-order valence-corrected chi connectivity index (χ0v) is 6.96. The first-order valence-electron chi connectivity index (χ1n) is 3.90. The van der Waals surface area contributed by atoms with Crippen LogP contribution in [0.25, 0.3) is 0 Å². The Hall–Kier alpha value is -0.0800. The minimum absolute atomic E-state index is 0.0405. The van der Waals surface area contributed by atoms with Crippen molar-refractivity contribution in [1.29, 1.82) is 0 Å². The highest BCUT2D eigenvalue weighted by atomic mass is 16.7. The summed E-state index contributed by atoms with van der Waals surface area (Å²) in [6, 6.07) is 0. The highest BCUT2D eigenvalue weighted by Gasteiger charge is 2.23. The van der Waals surface area contributed by atoms with Crippen molar-refractivity contribution in [3.05, 3.63) is 0 Å². The van der Waals surface area contributed by atoms with E-state index >= 15 is 0 Å². The molecular weight excluding hydrogens is 128 g/mol. The van der Waals surface area contributed by atoms with E-state index in [1.54, 1.807) is 7.11 Å². The number of hydrogen-bond donors (Lipinski definition) is 0. The van der Waals surface area contributed by atoms with Gasteiger partial charge in [0, 0.05) is 13.5 Å². The van der Waals surface area contributed by atoms with Gasteiger partial charge >= 0.3 is 0 Å². The summed E-state index contributed by atoms with van der Waals surface area (Å²) in [6.07, 6.45) is 2.62. The van der Waals surface area contributed by atoms with Crippen LogP contribution in [-0.4, -0.2) is 19.5 Å². The first kappa shape index (κ1) is 8.02. The van der Waals surface area contributed by atoms with Gasteiger partial charge in [0.25, 0.3) is 0 Å². The van der Waals surface area contributed by atoms with E-state index < -0.39 is 0 Å². The minimum Gasteiger partial charge on any atom is -0.356 e. The molecule has 0 aromatic carbocycles. The van der Waals surface area contributed by atoms with Gasteiger partial charge in [-0.15, -0.1) is 0 Å². The van der Waals surface area contributed by atoms with E-state index in [9.17, 15) is 0 Å². The summed E-state index contributed by atoms with van der Waals surface area (Å²) >= 11 is 0. The van der Waals surface area contributed by atoms with Crippen LogP contribution >= 0.6 is 0 Å². The number of ether oxygens (including phenoxy) is 2. The molecule has 0 spiro atoms. The van der Waals surface area contributed by atoms with Crippen molar-refractivity contribution in [1.82, 2.24) is 0 Å². The van der Waals surface area contributed by atoms with E-state index in [1.165, 1.54) is 6.42 Å². The van der Waals surface area contributed by atoms with Crippen molar-refractivity contribution in [2.24, 2.45) is 5.92 Å². The average molecular weight is 144 g/mol. The smallest absolute Gasteiger partial charge is 0.157 e. The molecule has 1 fully saturated rings. The molecule has 3 unspecified atom stereocenters. The molecule has 10 heavy (non-hydrogen) atoms. The molecule has 0 aromatic heterocycles. The lowest BCUT2D eigenvalue weighted by Gasteiger charge is -2.30. The van der Waals surface area contributed by atoms with Gasteiger partial charge in [0.2, 0.25) is 0 Å². The van der Waals surface area contributed by atoms with E-state index in [-0.39, 0.29) is 6.29 Å². The largest absolute Gasteiger partial charge is 0.356 e. The molecule has 1 saturated heterocycles. The third kappa shape index (κ3) is 1.96. The van der Waals surface area contributed by atoms with Crippen LogP contribution in [0.3, 0.4) is 0 Å². The number of rotatable bonds is 1. The van der Waals surface area contributed by atoms with Gasteiger partial charge in [-0.3, -0.25) is 0 Å². The second-order valence-electron chi connectivity index (χ2n) is 3.19. The predicted molar refractivity (Wildman–Crippen MR) is 39.7 cm³/mol. The van der Waals surface area contributed by atoms with E-state index in [2.05, 4.69) is 13.8 Å². The third-order valence-electron chi connectivity index (χ3n) is 1.98. The van der Waals surface area contributed by atoms with Crippen molar-refractivity contribution in [3.63, 3.8) is 0 Å². The quantitative estimate of drug-likeness (QED) is 0.558. The summed E-state index contributed by atoms with van der Waals surface area (Å²) in [5.74, 6) is 0.744. The molecule has 0 amide bonds. The molecule has 3 atom stereocenters. The predicted octanol–water partition coefficient (Wildman–Crippen LogP) is 1.79. The molecule has 1 heterocycles. The van der Waals surface area contributed by atoms with E-state index in [0.29, 0.717) is 6.10 Å². The molecule has 60 valence electrons. The lowest BCUT2D eigenvalue weighted by atomic mass is 9.98. The summed E-state index contributed by atoms with van der Waals surface area (Å²) in [7, 11) is 1.70. The number of methoxy groups -OCH3 is 1. The zero-order chi connectivity index (χ0) is 7.56. The maximum atomic E-state index is 5.48. The van der Waals surface area contributed by atoms with Crippen molar-refractivity contribution < 1.29 is 9.47 Å². The number of hydrogen-bond acceptors (Lipinski definition) is 2. The van der Waals surface area contributed by atoms with Gasteiger partial charge in [-0.2, -0.15) is 0 Å². The van der Waals surface area contributed by atoms with Gasteiger partial charge in [0.05, 0.1) is 6.10 Å². The Balaban J connectivity index is 2.35. The third-order valence-corrected chi connectivity index (χ3v) is 1.98. The summed E-state index contributed by atoms with van der Waals surface area (Å²) in [4.78, 5) is 0. The fourth-order valence-electron chi connectivity index (χ4n) is 1.51. The van der Waals surface area contributed by atoms with Gasteiger partial charge in [0.1, 0.15) is 0 Å². The lowest BCUT2D eigenvalue weighted by Crippen LogP contribution is -2.31. The minimum atomic E-state index is 0.0405. The van der Waals surface area contributed by atoms with Crippen molar-refractivity contribution in [3.8, 4) is 0 Å². The molecule has 0 radical (unpaired) electrons. The fraction of sp³-hybridized carbons (Fsp3) is 1.00. The highest BCUT2D eigenvalue weighted by Crippen LogP contribution is 2.24. The molecule has 0 N–H and O–H groups in total. The Morgan fingerprint density at radius 3 is 2.50 bits per heavy atom. The zero-order valence-electron chi connectivity index (χ0n) is 6.96. The van der Waals surface area contributed by atoms with Crippen LogP contribution in [0.5, 0.6) is 0 Å². The van der Waals surface area contributed by atoms with Crippen LogP contribution in [0.15, 0.2) is 0 Å². The Labute approximate surface area is 62.5 Å². The molecule has 0 aromatic rings. The van der Waals surface area contributed by atoms with Crippen LogP contribution in [-0.2, 0) is 9.47 Å². The highest BCUT2D eigenvalue weighted by molar-refractivity contribution is 4.67. The fourth-order valence-corrected chi connectivity index (χ4v) is 1.51. The second-order valence-corrected chi connectivity index (χ2v) is 3.19. The van der Waals surface area contributed by atoms with Crippen molar-refractivity contribution in [2.45, 2.75) is 39.1 Å². The van der Waals surface area contributed by atoms with Crippen LogP contribution in [0, 0.1) is 5.92 Å². The summed E-state index contributed by atoms with van der Waals surface area (Å²) in [6.45, 7) is 4.34. The summed E-state index contributed by atoms with van der Waals surface area (Å²) in [5.41, 5.74) is 0. The Kier molecular flexibility index (Phi) is 2.69. The first-order valence-corrected chi connectivity index (χ1v) is 3.90. The van der Waals surface area contributed by atoms with Gasteiger partial charge in [-0.05, 0) is 19.3 Å². The van der Waals surface area contributed by atoms with Crippen LogP contribution in [0.1, 0.15) is 26.7 Å². The molecule has 2 heteroatoms. The maximum absolute atomic E-state index is 5.48. The summed E-state index contributed by atoms with van der Waals surface area (Å²) < 4.78 is 10.6. The Morgan fingerprint density at radius 2 is 2.00 bits per heavy atom. The van der Waals surface area contributed by atoms with Crippen molar-refractivity contribution in [2.75, 3.05) is 7.11 Å². The van der Waals surface area contributed by atoms with Crippen LogP contribution < -0.4 is 0 Å². The average Bonchev–Trinajstić information content (AvgIpc) is 1.85. The lowest BCUT2D eigenvalue weighted by molar-refractivity contribution is -0.186. The molecule has 2 nitrogen and oxygen atoms in total. The van der Waals surface area contributed by atoms with Gasteiger partial charge in [0.15, 0.2) is 6.29 Å². The molecule has 0 aliphatic carbocycles. The topological polar surface area (TPSA) is 18.5 Å². The Morgan fingerprint density at radius 1 is 1.30 bits per heavy atom. The SMILES string of the molecule is COC1CC(C)CC(C)O1. The standard InChI is InChI=1S/C8H16O2/c1-6-4-7(2)10-8(5-6)9-3/h6-8H,4-5H2,1-3H3. The van der Waals surface area contributed by atoms with Gasteiger partial charge in [-0.1, -0.05) is 6.92 Å². The maximum Gasteiger partial charge on any atom is 0.157 e. The van der Waals surface area contributed by atoms with Crippen LogP contribution in [0.4, 0.5) is 0 Å². The molecule has 1 aliphatic heterocycles. The van der Waals surface area contributed by atoms with Crippen LogP contribution in [0.2, 0.25) is 0 Å². The first-order chi connectivity index (χ1) is 4.72. The summed E-state index contributed by atoms with van der Waals surface area (Å²) in [5, 5.41) is 0. The van der Waals surface area contributed by atoms with E-state index in [1.807, 2.05) is 0 Å².